The summed E-state index contributed by atoms with van der Waals surface area (Å²) in [6.07, 6.45) is 12.6. The van der Waals surface area contributed by atoms with E-state index in [0.717, 1.165) is 0 Å². The zero-order valence-corrected chi connectivity index (χ0v) is 16.7. The summed E-state index contributed by atoms with van der Waals surface area (Å²) >= 11 is 0. The number of aryl methyl sites for hydroxylation is 2. The van der Waals surface area contributed by atoms with Gasteiger partial charge in [0.2, 0.25) is 0 Å². The maximum absolute atomic E-state index is 10.2. The van der Waals surface area contributed by atoms with Crippen molar-refractivity contribution in [3.8, 4) is 0 Å². The fourth-order valence-electron chi connectivity index (χ4n) is 2.65. The third-order valence-electron chi connectivity index (χ3n) is 3.96. The average Bonchev–Trinajstić information content (AvgIpc) is 2.58. The Morgan fingerprint density at radius 1 is 0.923 bits per heavy atom. The molecule has 0 aliphatic rings. The number of benzene rings is 1. The maximum atomic E-state index is 10.2. The van der Waals surface area contributed by atoms with Crippen LogP contribution in [0.4, 0.5) is 0 Å². The Morgan fingerprint density at radius 3 is 2.19 bits per heavy atom. The van der Waals surface area contributed by atoms with E-state index in [1.165, 1.54) is 50.6 Å². The summed E-state index contributed by atoms with van der Waals surface area (Å²) in [5, 5.41) is 0. The number of hydrogen-bond acceptors (Lipinski definition) is 3. The molecule has 0 saturated carbocycles. The normalized spacial score (nSPS) is 10.9. The fraction of sp³-hybridized carbons (Fsp3) is 0.476. The van der Waals surface area contributed by atoms with Crippen LogP contribution in [0.25, 0.3) is 0 Å². The van der Waals surface area contributed by atoms with Crippen LogP contribution in [-0.2, 0) is 22.4 Å². The van der Waals surface area contributed by atoms with Crippen LogP contribution in [0, 0.1) is 6.92 Å². The van der Waals surface area contributed by atoms with Crippen LogP contribution in [0.3, 0.4) is 0 Å². The highest BCUT2D eigenvalue weighted by Crippen LogP contribution is 2.05. The Bertz CT molecular complexity index is 715. The molecule has 144 valence electrons. The topological polar surface area (TPSA) is 61.1 Å². The van der Waals surface area contributed by atoms with Gasteiger partial charge in [0.25, 0.3) is 0 Å². The highest BCUT2D eigenvalue weighted by atomic mass is 32.2. The lowest BCUT2D eigenvalue weighted by Gasteiger charge is -2.05. The number of hydrogen-bond donors (Lipinski definition) is 0. The molecule has 0 atom stereocenters. The minimum Gasteiger partial charge on any atom is -0.748 e. The SMILES string of the molecule is CCCCCCCC[n+]1cccc(C)c1.O=S(=O)([O-])Cc1ccccc1. The van der Waals surface area contributed by atoms with Crippen molar-refractivity contribution in [3.05, 3.63) is 66.0 Å². The minimum atomic E-state index is -4.13. The predicted molar refractivity (Wildman–Crippen MR) is 105 cm³/mol. The molecule has 4 nitrogen and oxygen atoms in total. The molecule has 1 aromatic heterocycles. The van der Waals surface area contributed by atoms with Crippen LogP contribution < -0.4 is 4.57 Å². The number of rotatable bonds is 9. The first-order valence-electron chi connectivity index (χ1n) is 9.34. The van der Waals surface area contributed by atoms with Gasteiger partial charge in [0.05, 0.1) is 15.9 Å². The summed E-state index contributed by atoms with van der Waals surface area (Å²) in [6, 6.07) is 12.6. The van der Waals surface area contributed by atoms with Gasteiger partial charge >= 0.3 is 0 Å². The largest absolute Gasteiger partial charge is 0.748 e. The van der Waals surface area contributed by atoms with Crippen LogP contribution in [0.15, 0.2) is 54.9 Å². The van der Waals surface area contributed by atoms with Crippen molar-refractivity contribution in [2.75, 3.05) is 0 Å². The van der Waals surface area contributed by atoms with Gasteiger partial charge in [-0.2, -0.15) is 0 Å². The first kappa shape index (κ1) is 22.3. The van der Waals surface area contributed by atoms with Gasteiger partial charge in [-0.05, 0) is 25.0 Å². The van der Waals surface area contributed by atoms with Crippen molar-refractivity contribution < 1.29 is 17.5 Å². The van der Waals surface area contributed by atoms with E-state index in [9.17, 15) is 13.0 Å². The maximum Gasteiger partial charge on any atom is 0.171 e. The summed E-state index contributed by atoms with van der Waals surface area (Å²) in [6.45, 7) is 5.59. The van der Waals surface area contributed by atoms with Crippen LogP contribution in [0.5, 0.6) is 0 Å². The highest BCUT2D eigenvalue weighted by Gasteiger charge is 1.99. The van der Waals surface area contributed by atoms with Crippen LogP contribution >= 0.6 is 0 Å². The molecule has 0 unspecified atom stereocenters. The van der Waals surface area contributed by atoms with Crippen LogP contribution in [0.1, 0.15) is 56.6 Å². The standard InChI is InChI=1S/C14H24N.C7H8O3S/c1-3-4-5-6-7-8-11-15-12-9-10-14(2)13-15;8-11(9,10)6-7-4-2-1-3-5-7/h9-10,12-13H,3-8,11H2,1-2H3;1-5H,6H2,(H,8,9,10)/q+1;/p-1. The highest BCUT2D eigenvalue weighted by molar-refractivity contribution is 7.84. The first-order chi connectivity index (χ1) is 12.4. The molecule has 0 bridgehead atoms. The van der Waals surface area contributed by atoms with E-state index in [-0.39, 0.29) is 0 Å². The van der Waals surface area contributed by atoms with Gasteiger partial charge in [-0.15, -0.1) is 0 Å². The van der Waals surface area contributed by atoms with Crippen LogP contribution in [0.2, 0.25) is 0 Å². The van der Waals surface area contributed by atoms with Gasteiger partial charge in [-0.3, -0.25) is 0 Å². The summed E-state index contributed by atoms with van der Waals surface area (Å²) in [5.41, 5.74) is 1.88. The molecule has 2 rings (SSSR count). The summed E-state index contributed by atoms with van der Waals surface area (Å²) < 4.78 is 33.0. The molecule has 26 heavy (non-hydrogen) atoms. The van der Waals surface area contributed by atoms with E-state index < -0.39 is 15.9 Å². The molecule has 0 saturated heterocycles. The molecule has 1 aromatic carbocycles. The summed E-state index contributed by atoms with van der Waals surface area (Å²) in [7, 11) is -4.13. The molecule has 0 aliphatic carbocycles. The number of aromatic nitrogens is 1. The zero-order chi connectivity index (χ0) is 19.3. The van der Waals surface area contributed by atoms with Crippen molar-refractivity contribution in [2.45, 2.75) is 64.7 Å². The Labute approximate surface area is 158 Å². The fourth-order valence-corrected chi connectivity index (χ4v) is 3.25. The summed E-state index contributed by atoms with van der Waals surface area (Å²) in [4.78, 5) is 0. The van der Waals surface area contributed by atoms with E-state index in [1.807, 2.05) is 0 Å². The molecule has 0 fully saturated rings. The Morgan fingerprint density at radius 2 is 1.58 bits per heavy atom. The Kier molecular flexibility index (Phi) is 10.8. The van der Waals surface area contributed by atoms with Gasteiger partial charge in [0, 0.05) is 18.1 Å². The van der Waals surface area contributed by atoms with E-state index in [1.54, 1.807) is 30.3 Å². The average molecular weight is 378 g/mol. The number of pyridine rings is 1. The first-order valence-corrected chi connectivity index (χ1v) is 10.9. The van der Waals surface area contributed by atoms with Crippen molar-refractivity contribution >= 4 is 10.1 Å². The minimum absolute atomic E-state index is 0.423. The second kappa shape index (κ2) is 12.6. The second-order valence-corrected chi connectivity index (χ2v) is 7.98. The Hall–Kier alpha value is -1.72. The smallest absolute Gasteiger partial charge is 0.171 e. The lowest BCUT2D eigenvalue weighted by atomic mass is 10.1. The van der Waals surface area contributed by atoms with Crippen LogP contribution in [-0.4, -0.2) is 13.0 Å². The molecule has 1 heterocycles. The number of unbranched alkanes of at least 4 members (excludes halogenated alkanes) is 5. The quantitative estimate of drug-likeness (QED) is 0.370. The third-order valence-corrected chi connectivity index (χ3v) is 4.65. The molecule has 0 amide bonds. The lowest BCUT2D eigenvalue weighted by Crippen LogP contribution is -2.32. The van der Waals surface area contributed by atoms with Crippen molar-refractivity contribution in [3.63, 3.8) is 0 Å². The molecular formula is C21H31NO3S. The monoisotopic (exact) mass is 377 g/mol. The third kappa shape index (κ3) is 11.8. The van der Waals surface area contributed by atoms with Crippen molar-refractivity contribution in [1.29, 1.82) is 0 Å². The lowest BCUT2D eigenvalue weighted by molar-refractivity contribution is -0.697. The molecule has 0 N–H and O–H groups in total. The van der Waals surface area contributed by atoms with Gasteiger partial charge in [-0.1, -0.05) is 62.9 Å². The summed E-state index contributed by atoms with van der Waals surface area (Å²) in [5.74, 6) is -0.423. The second-order valence-electron chi connectivity index (χ2n) is 6.57. The van der Waals surface area contributed by atoms with E-state index in [2.05, 4.69) is 42.9 Å². The Balaban J connectivity index is 0.000000273. The van der Waals surface area contributed by atoms with E-state index in [4.69, 9.17) is 0 Å². The van der Waals surface area contributed by atoms with E-state index >= 15 is 0 Å². The molecule has 2 aromatic rings. The van der Waals surface area contributed by atoms with Gasteiger partial charge in [0.1, 0.15) is 6.54 Å². The molecule has 0 spiro atoms. The predicted octanol–water partition coefficient (Wildman–Crippen LogP) is 4.37. The van der Waals surface area contributed by atoms with Gasteiger partial charge in [-0.25, -0.2) is 13.0 Å². The zero-order valence-electron chi connectivity index (χ0n) is 15.9. The van der Waals surface area contributed by atoms with Crippen molar-refractivity contribution in [2.24, 2.45) is 0 Å². The van der Waals surface area contributed by atoms with Crippen molar-refractivity contribution in [1.82, 2.24) is 0 Å². The van der Waals surface area contributed by atoms with Gasteiger partial charge in [0.15, 0.2) is 12.4 Å². The van der Waals surface area contributed by atoms with E-state index in [0.29, 0.717) is 5.56 Å². The van der Waals surface area contributed by atoms with Gasteiger partial charge < -0.3 is 4.55 Å². The molecular weight excluding hydrogens is 346 g/mol. The number of nitrogens with zero attached hydrogens (tertiary/aromatic N) is 1. The molecule has 5 heteroatoms. The molecule has 0 aliphatic heterocycles. The molecule has 0 radical (unpaired) electrons.